The Kier molecular flexibility index (Phi) is 14.0. The van der Waals surface area contributed by atoms with Gasteiger partial charge in [0, 0.05) is 45.2 Å². The van der Waals surface area contributed by atoms with Gasteiger partial charge in [-0.25, -0.2) is 0 Å². The molecule has 1 aliphatic carbocycles. The minimum Gasteiger partial charge on any atom is -0.390 e. The predicted molar refractivity (Wildman–Crippen MR) is 148 cm³/mol. The summed E-state index contributed by atoms with van der Waals surface area (Å²) in [4.78, 5) is 4.76. The molecule has 1 saturated heterocycles. The van der Waals surface area contributed by atoms with Gasteiger partial charge in [0.25, 0.3) is 0 Å². The molecule has 0 aromatic heterocycles. The first-order valence-electron chi connectivity index (χ1n) is 13.9. The summed E-state index contributed by atoms with van der Waals surface area (Å²) in [6, 6.07) is 0. The normalized spacial score (nSPS) is 23.3. The van der Waals surface area contributed by atoms with Gasteiger partial charge < -0.3 is 15.1 Å². The first-order chi connectivity index (χ1) is 16.4. The average Bonchev–Trinajstić information content (AvgIpc) is 2.98. The van der Waals surface area contributed by atoms with Crippen LogP contribution in [-0.2, 0) is 0 Å². The summed E-state index contributed by atoms with van der Waals surface area (Å²) in [6.45, 7) is 21.2. The maximum Gasteiger partial charge on any atom is 0.0923 e. The van der Waals surface area contributed by atoms with E-state index >= 15 is 0 Å². The van der Waals surface area contributed by atoms with Gasteiger partial charge in [-0.3, -0.25) is 9.29 Å². The number of hydrogen-bond acceptors (Lipinski definition) is 4. The fourth-order valence-electron chi connectivity index (χ4n) is 4.67. The quantitative estimate of drug-likeness (QED) is 0.369. The van der Waals surface area contributed by atoms with Crippen molar-refractivity contribution < 1.29 is 14.6 Å². The molecule has 4 nitrogen and oxygen atoms in total. The van der Waals surface area contributed by atoms with Crippen molar-refractivity contribution in [2.24, 2.45) is 17.8 Å². The van der Waals surface area contributed by atoms with Gasteiger partial charge in [-0.1, -0.05) is 77.3 Å². The van der Waals surface area contributed by atoms with Crippen LogP contribution >= 0.6 is 0 Å². The Labute approximate surface area is 216 Å². The van der Waals surface area contributed by atoms with Gasteiger partial charge in [-0.2, -0.15) is 0 Å². The van der Waals surface area contributed by atoms with Crippen molar-refractivity contribution >= 4 is 0 Å². The van der Waals surface area contributed by atoms with Gasteiger partial charge in [-0.05, 0) is 51.0 Å². The molecule has 2 N–H and O–H groups in total. The Balaban J connectivity index is 0.00000142. The van der Waals surface area contributed by atoms with E-state index in [1.54, 1.807) is 0 Å². The number of halogens is 1. The number of unbranched alkanes of at least 4 members (excludes halogenated alkanes) is 1. The van der Waals surface area contributed by atoms with E-state index in [1.807, 2.05) is 34.6 Å². The van der Waals surface area contributed by atoms with Crippen molar-refractivity contribution in [3.8, 4) is 0 Å². The van der Waals surface area contributed by atoms with E-state index in [-0.39, 0.29) is 24.4 Å². The molecule has 0 radical (unpaired) electrons. The molecule has 1 heterocycles. The summed E-state index contributed by atoms with van der Waals surface area (Å²) in [5.41, 5.74) is 0.966. The van der Waals surface area contributed by atoms with Gasteiger partial charge in [0.15, 0.2) is 0 Å². The highest BCUT2D eigenvalue weighted by atomic mass is 19.1. The number of aliphatic hydroxyl groups is 2. The van der Waals surface area contributed by atoms with Crippen LogP contribution in [0.5, 0.6) is 0 Å². The van der Waals surface area contributed by atoms with E-state index in [4.69, 9.17) is 0 Å². The zero-order chi connectivity index (χ0) is 26.6. The summed E-state index contributed by atoms with van der Waals surface area (Å²) in [5, 5.41) is 21.4. The fraction of sp³-hybridized carbons (Fsp3) is 0.800. The second kappa shape index (κ2) is 15.3. The fourth-order valence-corrected chi connectivity index (χ4v) is 4.67. The summed E-state index contributed by atoms with van der Waals surface area (Å²) in [5.74, 6) is 0.285. The van der Waals surface area contributed by atoms with E-state index in [0.717, 1.165) is 39.1 Å². The molecule has 1 aliphatic heterocycles. The van der Waals surface area contributed by atoms with Crippen molar-refractivity contribution in [3.05, 3.63) is 35.5 Å². The summed E-state index contributed by atoms with van der Waals surface area (Å²) < 4.78 is 13.0. The molecule has 0 aromatic rings. The van der Waals surface area contributed by atoms with Crippen LogP contribution in [0.15, 0.2) is 35.5 Å². The number of allylic oxidation sites excluding steroid dienone is 5. The molecule has 0 spiro atoms. The Morgan fingerprint density at radius 2 is 1.60 bits per heavy atom. The summed E-state index contributed by atoms with van der Waals surface area (Å²) in [6.07, 6.45) is 12.7. The third kappa shape index (κ3) is 11.7. The molecule has 4 atom stereocenters. The van der Waals surface area contributed by atoms with Gasteiger partial charge in [0.2, 0.25) is 0 Å². The van der Waals surface area contributed by atoms with Crippen LogP contribution in [0.3, 0.4) is 0 Å². The third-order valence-corrected chi connectivity index (χ3v) is 7.36. The lowest BCUT2D eigenvalue weighted by molar-refractivity contribution is -0.0162. The lowest BCUT2D eigenvalue weighted by Gasteiger charge is -2.41. The molecule has 204 valence electrons. The summed E-state index contributed by atoms with van der Waals surface area (Å²) >= 11 is 0. The highest BCUT2D eigenvalue weighted by Gasteiger charge is 2.35. The first kappa shape index (κ1) is 32.0. The van der Waals surface area contributed by atoms with Crippen LogP contribution in [0, 0.1) is 17.8 Å². The number of β-amino-alcohol motifs (C(OH)–C–C–N with tert-alkyl or cyclic N) is 1. The monoisotopic (exact) mass is 494 g/mol. The van der Waals surface area contributed by atoms with E-state index in [2.05, 4.69) is 54.9 Å². The zero-order valence-corrected chi connectivity index (χ0v) is 24.0. The van der Waals surface area contributed by atoms with Crippen LogP contribution in [-0.4, -0.2) is 77.2 Å². The molecule has 0 aromatic carbocycles. The third-order valence-electron chi connectivity index (χ3n) is 7.36. The number of hydrogen-bond donors (Lipinski definition) is 2. The molecule has 2 aliphatic rings. The molecular formula is C30H55FN2O2. The highest BCUT2D eigenvalue weighted by molar-refractivity contribution is 5.35. The molecule has 0 saturated carbocycles. The lowest BCUT2D eigenvalue weighted by Crippen LogP contribution is -2.53. The van der Waals surface area contributed by atoms with Crippen molar-refractivity contribution in [3.63, 3.8) is 0 Å². The predicted octanol–water partition coefficient (Wildman–Crippen LogP) is 6.01. The Morgan fingerprint density at radius 1 is 1.03 bits per heavy atom. The van der Waals surface area contributed by atoms with Crippen LogP contribution in [0.1, 0.15) is 81.1 Å². The molecule has 35 heavy (non-hydrogen) atoms. The first-order valence-corrected chi connectivity index (χ1v) is 13.9. The molecule has 4 unspecified atom stereocenters. The van der Waals surface area contributed by atoms with E-state index < -0.39 is 11.2 Å². The topological polar surface area (TPSA) is 46.9 Å². The van der Waals surface area contributed by atoms with Crippen LogP contribution in [0.2, 0.25) is 0 Å². The number of piperazine rings is 1. The number of alkyl halides is 1. The largest absolute Gasteiger partial charge is 0.390 e. The molecule has 2 rings (SSSR count). The SMILES string of the molecule is CCC(C)(O)C(CN1CCN(CC(C)(C)O)CC1)C1=CC(C)C(CC(C)CF)=CC=C1.CCCC. The zero-order valence-electron chi connectivity index (χ0n) is 24.0. The van der Waals surface area contributed by atoms with Crippen molar-refractivity contribution in [1.82, 2.24) is 9.80 Å². The summed E-state index contributed by atoms with van der Waals surface area (Å²) in [7, 11) is 0. The molecule has 1 fully saturated rings. The number of rotatable bonds is 11. The van der Waals surface area contributed by atoms with Crippen LogP contribution in [0.25, 0.3) is 0 Å². The van der Waals surface area contributed by atoms with E-state index in [0.29, 0.717) is 13.0 Å². The number of nitrogens with zero attached hydrogens (tertiary/aromatic N) is 2. The van der Waals surface area contributed by atoms with Gasteiger partial charge >= 0.3 is 0 Å². The van der Waals surface area contributed by atoms with Gasteiger partial charge in [0.05, 0.1) is 17.9 Å². The van der Waals surface area contributed by atoms with Crippen LogP contribution < -0.4 is 0 Å². The van der Waals surface area contributed by atoms with Crippen molar-refractivity contribution in [1.29, 1.82) is 0 Å². The van der Waals surface area contributed by atoms with Gasteiger partial charge in [0.1, 0.15) is 0 Å². The Bertz CT molecular complexity index is 683. The van der Waals surface area contributed by atoms with E-state index in [1.165, 1.54) is 24.0 Å². The van der Waals surface area contributed by atoms with E-state index in [9.17, 15) is 14.6 Å². The van der Waals surface area contributed by atoms with Crippen molar-refractivity contribution in [2.75, 3.05) is 45.9 Å². The van der Waals surface area contributed by atoms with Gasteiger partial charge in [-0.15, -0.1) is 0 Å². The highest BCUT2D eigenvalue weighted by Crippen LogP contribution is 2.34. The molecule has 5 heteroatoms. The van der Waals surface area contributed by atoms with Crippen LogP contribution in [0.4, 0.5) is 4.39 Å². The maximum atomic E-state index is 13.0. The molecule has 0 amide bonds. The molecular weight excluding hydrogens is 439 g/mol. The lowest BCUT2D eigenvalue weighted by atomic mass is 9.79. The standard InChI is InChI=1S/C26H45FN2O2.C4H10/c1-7-26(6,31)24(18-28-11-13-29(14-12-28)19-25(4,5)30)23-10-8-9-22(21(3)16-23)15-20(2)17-27;1-3-4-2/h8-10,16,20-21,24,30-31H,7,11-15,17-19H2,1-6H3;3-4H2,1-2H3. The Hall–Kier alpha value is -1.01. The van der Waals surface area contributed by atoms with Crippen molar-refractivity contribution in [2.45, 2.75) is 92.3 Å². The maximum absolute atomic E-state index is 13.0. The smallest absolute Gasteiger partial charge is 0.0923 e. The second-order valence-corrected chi connectivity index (χ2v) is 11.7. The molecule has 0 bridgehead atoms. The minimum atomic E-state index is -0.795. The minimum absolute atomic E-state index is 0.0170. The average molecular weight is 495 g/mol. The second-order valence-electron chi connectivity index (χ2n) is 11.7. The Morgan fingerprint density at radius 3 is 2.09 bits per heavy atom.